The van der Waals surface area contributed by atoms with Gasteiger partial charge in [-0.15, -0.1) is 0 Å². The summed E-state index contributed by atoms with van der Waals surface area (Å²) in [6.45, 7) is 7.49. The number of carboxylic acids is 1. The molecule has 1 N–H and O–H groups in total. The lowest BCUT2D eigenvalue weighted by Crippen LogP contribution is -2.19. The van der Waals surface area contributed by atoms with E-state index in [0.717, 1.165) is 24.2 Å². The average molecular weight is 219 g/mol. The van der Waals surface area contributed by atoms with Gasteiger partial charge in [0.25, 0.3) is 0 Å². The van der Waals surface area contributed by atoms with Crippen molar-refractivity contribution in [1.82, 2.24) is 4.90 Å². The Hall–Kier alpha value is -1.61. The van der Waals surface area contributed by atoms with Crippen LogP contribution < -0.4 is 0 Å². The molecule has 0 heterocycles. The Morgan fingerprint density at radius 1 is 1.38 bits per heavy atom. The second kappa shape index (κ2) is 5.47. The van der Waals surface area contributed by atoms with Crippen LogP contribution in [0.15, 0.2) is 36.4 Å². The van der Waals surface area contributed by atoms with E-state index in [-0.39, 0.29) is 0 Å². The summed E-state index contributed by atoms with van der Waals surface area (Å²) >= 11 is 0. The van der Waals surface area contributed by atoms with Gasteiger partial charge in [-0.1, -0.05) is 24.3 Å². The fraction of sp³-hybridized carbons (Fsp3) is 0.308. The minimum Gasteiger partial charge on any atom is -0.478 e. The lowest BCUT2D eigenvalue weighted by molar-refractivity contribution is 0.0697. The van der Waals surface area contributed by atoms with E-state index in [4.69, 9.17) is 5.11 Å². The molecule has 0 saturated heterocycles. The molecule has 0 amide bonds. The molecule has 3 nitrogen and oxygen atoms in total. The number of carbonyl (C=O) groups is 1. The van der Waals surface area contributed by atoms with E-state index in [2.05, 4.69) is 11.5 Å². The van der Waals surface area contributed by atoms with Gasteiger partial charge in [0.05, 0.1) is 5.56 Å². The van der Waals surface area contributed by atoms with Crippen LogP contribution >= 0.6 is 0 Å². The van der Waals surface area contributed by atoms with Gasteiger partial charge >= 0.3 is 5.97 Å². The zero-order chi connectivity index (χ0) is 12.1. The van der Waals surface area contributed by atoms with E-state index in [1.165, 1.54) is 0 Å². The highest BCUT2D eigenvalue weighted by Crippen LogP contribution is 2.07. The Bertz CT molecular complexity index is 381. The third-order valence-electron chi connectivity index (χ3n) is 2.19. The van der Waals surface area contributed by atoms with Crippen molar-refractivity contribution in [2.75, 3.05) is 13.6 Å². The van der Waals surface area contributed by atoms with Gasteiger partial charge in [-0.05, 0) is 31.7 Å². The van der Waals surface area contributed by atoms with E-state index in [1.54, 1.807) is 12.1 Å². The number of nitrogens with zero attached hydrogens (tertiary/aromatic N) is 1. The molecule has 1 rings (SSSR count). The predicted octanol–water partition coefficient (Wildman–Crippen LogP) is 2.39. The molecule has 0 spiro atoms. The third kappa shape index (κ3) is 3.87. The molecule has 0 bridgehead atoms. The van der Waals surface area contributed by atoms with Crippen LogP contribution in [-0.2, 0) is 6.54 Å². The maximum Gasteiger partial charge on any atom is 0.335 e. The summed E-state index contributed by atoms with van der Waals surface area (Å²) in [7, 11) is 2.01. The van der Waals surface area contributed by atoms with Gasteiger partial charge < -0.3 is 5.11 Å². The van der Waals surface area contributed by atoms with E-state index >= 15 is 0 Å². The highest BCUT2D eigenvalue weighted by atomic mass is 16.4. The third-order valence-corrected chi connectivity index (χ3v) is 2.19. The van der Waals surface area contributed by atoms with Crippen molar-refractivity contribution in [2.45, 2.75) is 13.5 Å². The quantitative estimate of drug-likeness (QED) is 0.773. The standard InChI is InChI=1S/C13H17NO2/c1-10(2)8-14(3)9-11-4-6-12(7-5-11)13(15)16/h4-7H,1,8-9H2,2-3H3,(H,15,16). The molecule has 0 saturated carbocycles. The van der Waals surface area contributed by atoms with Crippen molar-refractivity contribution in [2.24, 2.45) is 0 Å². The minimum absolute atomic E-state index is 0.325. The Morgan fingerprint density at radius 3 is 2.38 bits per heavy atom. The van der Waals surface area contributed by atoms with Gasteiger partial charge in [0.2, 0.25) is 0 Å². The lowest BCUT2D eigenvalue weighted by atomic mass is 10.1. The minimum atomic E-state index is -0.887. The summed E-state index contributed by atoms with van der Waals surface area (Å²) < 4.78 is 0. The Balaban J connectivity index is 2.61. The van der Waals surface area contributed by atoms with Gasteiger partial charge in [-0.3, -0.25) is 4.90 Å². The smallest absolute Gasteiger partial charge is 0.335 e. The molecule has 1 aromatic rings. The molecule has 16 heavy (non-hydrogen) atoms. The summed E-state index contributed by atoms with van der Waals surface area (Å²) in [5, 5.41) is 8.75. The normalized spacial score (nSPS) is 10.4. The fourth-order valence-corrected chi connectivity index (χ4v) is 1.58. The van der Waals surface area contributed by atoms with E-state index in [0.29, 0.717) is 5.56 Å². The van der Waals surface area contributed by atoms with Crippen LogP contribution in [0.4, 0.5) is 0 Å². The number of benzene rings is 1. The second-order valence-corrected chi connectivity index (χ2v) is 4.13. The molecule has 0 aliphatic carbocycles. The molecule has 0 unspecified atom stereocenters. The van der Waals surface area contributed by atoms with Crippen LogP contribution in [0.2, 0.25) is 0 Å². The molecular formula is C13H17NO2. The summed E-state index contributed by atoms with van der Waals surface area (Å²) in [4.78, 5) is 12.8. The molecule has 0 radical (unpaired) electrons. The number of carboxylic acid groups (broad SMARTS) is 1. The summed E-state index contributed by atoms with van der Waals surface area (Å²) in [6.07, 6.45) is 0. The maximum atomic E-state index is 10.7. The van der Waals surface area contributed by atoms with Crippen LogP contribution in [0, 0.1) is 0 Å². The van der Waals surface area contributed by atoms with Crippen molar-refractivity contribution >= 4 is 5.97 Å². The van der Waals surface area contributed by atoms with Gasteiger partial charge in [0, 0.05) is 13.1 Å². The molecule has 0 fully saturated rings. The fourth-order valence-electron chi connectivity index (χ4n) is 1.58. The predicted molar refractivity (Wildman–Crippen MR) is 64.5 cm³/mol. The van der Waals surface area contributed by atoms with Crippen molar-refractivity contribution in [3.8, 4) is 0 Å². The van der Waals surface area contributed by atoms with Crippen LogP contribution in [0.1, 0.15) is 22.8 Å². The molecule has 86 valence electrons. The molecule has 0 aliphatic rings. The van der Waals surface area contributed by atoms with Crippen molar-refractivity contribution in [3.63, 3.8) is 0 Å². The van der Waals surface area contributed by atoms with Crippen molar-refractivity contribution < 1.29 is 9.90 Å². The van der Waals surface area contributed by atoms with Gasteiger partial charge in [0.1, 0.15) is 0 Å². The first kappa shape index (κ1) is 12.5. The highest BCUT2D eigenvalue weighted by Gasteiger charge is 2.03. The summed E-state index contributed by atoms with van der Waals surface area (Å²) in [6, 6.07) is 6.95. The summed E-state index contributed by atoms with van der Waals surface area (Å²) in [5.74, 6) is -0.887. The van der Waals surface area contributed by atoms with Crippen LogP contribution in [0.3, 0.4) is 0 Å². The maximum absolute atomic E-state index is 10.7. The van der Waals surface area contributed by atoms with Crippen molar-refractivity contribution in [3.05, 3.63) is 47.5 Å². The topological polar surface area (TPSA) is 40.5 Å². The molecule has 0 aliphatic heterocycles. The first-order chi connectivity index (χ1) is 7.49. The van der Waals surface area contributed by atoms with Gasteiger partial charge in [-0.25, -0.2) is 4.79 Å². The second-order valence-electron chi connectivity index (χ2n) is 4.13. The largest absolute Gasteiger partial charge is 0.478 e. The lowest BCUT2D eigenvalue weighted by Gasteiger charge is -2.16. The molecule has 3 heteroatoms. The Morgan fingerprint density at radius 2 is 1.94 bits per heavy atom. The number of rotatable bonds is 5. The molecule has 0 aromatic heterocycles. The molecular weight excluding hydrogens is 202 g/mol. The molecule has 1 aromatic carbocycles. The number of likely N-dealkylation sites (N-methyl/N-ethyl adjacent to an activating group) is 1. The number of hydrogen-bond donors (Lipinski definition) is 1. The van der Waals surface area contributed by atoms with Gasteiger partial charge in [0.15, 0.2) is 0 Å². The monoisotopic (exact) mass is 219 g/mol. The van der Waals surface area contributed by atoms with E-state index in [9.17, 15) is 4.79 Å². The first-order valence-corrected chi connectivity index (χ1v) is 5.14. The number of hydrogen-bond acceptors (Lipinski definition) is 2. The zero-order valence-corrected chi connectivity index (χ0v) is 9.73. The first-order valence-electron chi connectivity index (χ1n) is 5.14. The average Bonchev–Trinajstić information content (AvgIpc) is 2.16. The van der Waals surface area contributed by atoms with E-state index < -0.39 is 5.97 Å². The summed E-state index contributed by atoms with van der Waals surface area (Å²) in [5.41, 5.74) is 2.55. The Kier molecular flexibility index (Phi) is 4.26. The van der Waals surface area contributed by atoms with Crippen LogP contribution in [0.25, 0.3) is 0 Å². The zero-order valence-electron chi connectivity index (χ0n) is 9.73. The number of aromatic carboxylic acids is 1. The SMILES string of the molecule is C=C(C)CN(C)Cc1ccc(C(=O)O)cc1. The highest BCUT2D eigenvalue weighted by molar-refractivity contribution is 5.87. The van der Waals surface area contributed by atoms with Crippen LogP contribution in [0.5, 0.6) is 0 Å². The Labute approximate surface area is 96.0 Å². The van der Waals surface area contributed by atoms with Crippen molar-refractivity contribution in [1.29, 1.82) is 0 Å². The van der Waals surface area contributed by atoms with Gasteiger partial charge in [-0.2, -0.15) is 0 Å². The molecule has 0 atom stereocenters. The van der Waals surface area contributed by atoms with Crippen LogP contribution in [-0.4, -0.2) is 29.6 Å². The van der Waals surface area contributed by atoms with E-state index in [1.807, 2.05) is 26.1 Å².